The van der Waals surface area contributed by atoms with Crippen LogP contribution in [-0.2, 0) is 4.79 Å². The molecule has 1 fully saturated rings. The van der Waals surface area contributed by atoms with Gasteiger partial charge in [-0.3, -0.25) is 4.79 Å². The lowest BCUT2D eigenvalue weighted by Gasteiger charge is -2.12. The zero-order valence-electron chi connectivity index (χ0n) is 10.6. The highest BCUT2D eigenvalue weighted by atomic mass is 16.7. The molecule has 2 aliphatic rings. The summed E-state index contributed by atoms with van der Waals surface area (Å²) >= 11 is 0. The molecule has 0 radical (unpaired) electrons. The highest BCUT2D eigenvalue weighted by molar-refractivity contribution is 5.90. The van der Waals surface area contributed by atoms with E-state index >= 15 is 0 Å². The number of nitrogens with one attached hydrogen (secondary N) is 2. The number of urea groups is 1. The van der Waals surface area contributed by atoms with Gasteiger partial charge in [-0.2, -0.15) is 0 Å². The molecule has 3 rings (SSSR count). The van der Waals surface area contributed by atoms with Crippen LogP contribution >= 0.6 is 0 Å². The molecule has 0 atom stereocenters. The van der Waals surface area contributed by atoms with Crippen LogP contribution in [0.25, 0.3) is 0 Å². The molecule has 1 aliphatic carbocycles. The molecule has 7 heteroatoms. The third kappa shape index (κ3) is 2.34. The number of carbonyl (C=O) groups is 2. The molecule has 3 N–H and O–H groups in total. The highest BCUT2D eigenvalue weighted by Gasteiger charge is 2.50. The van der Waals surface area contributed by atoms with E-state index in [4.69, 9.17) is 14.6 Å². The third-order valence-electron chi connectivity index (χ3n) is 3.53. The monoisotopic (exact) mass is 278 g/mol. The van der Waals surface area contributed by atoms with Gasteiger partial charge >= 0.3 is 12.0 Å². The predicted molar refractivity (Wildman–Crippen MR) is 68.9 cm³/mol. The van der Waals surface area contributed by atoms with Crippen LogP contribution in [0.1, 0.15) is 12.8 Å². The molecule has 2 amide bonds. The quantitative estimate of drug-likeness (QED) is 0.773. The summed E-state index contributed by atoms with van der Waals surface area (Å²) in [5, 5.41) is 14.2. The minimum atomic E-state index is -0.860. The summed E-state index contributed by atoms with van der Waals surface area (Å²) in [6, 6.07) is 4.62. The summed E-state index contributed by atoms with van der Waals surface area (Å²) in [7, 11) is 0. The van der Waals surface area contributed by atoms with Crippen LogP contribution in [0.2, 0.25) is 0 Å². The van der Waals surface area contributed by atoms with Gasteiger partial charge in [0.1, 0.15) is 0 Å². The first-order chi connectivity index (χ1) is 9.59. The Labute approximate surface area is 114 Å². The Balaban J connectivity index is 1.55. The summed E-state index contributed by atoms with van der Waals surface area (Å²) in [5.41, 5.74) is -0.210. The Kier molecular flexibility index (Phi) is 2.89. The third-order valence-corrected chi connectivity index (χ3v) is 3.53. The fourth-order valence-electron chi connectivity index (χ4n) is 2.02. The van der Waals surface area contributed by atoms with Crippen LogP contribution in [0.5, 0.6) is 11.5 Å². The second-order valence-electron chi connectivity index (χ2n) is 4.96. The fraction of sp³-hybridized carbons (Fsp3) is 0.385. The smallest absolute Gasteiger partial charge is 0.319 e. The lowest BCUT2D eigenvalue weighted by Crippen LogP contribution is -2.36. The number of aliphatic carboxylic acids is 1. The van der Waals surface area contributed by atoms with Crippen molar-refractivity contribution < 1.29 is 24.2 Å². The number of amides is 2. The Bertz CT molecular complexity index is 568. The van der Waals surface area contributed by atoms with Crippen molar-refractivity contribution >= 4 is 17.7 Å². The van der Waals surface area contributed by atoms with Gasteiger partial charge in [-0.15, -0.1) is 0 Å². The summed E-state index contributed by atoms with van der Waals surface area (Å²) in [6.07, 6.45) is 1.21. The van der Waals surface area contributed by atoms with Crippen molar-refractivity contribution in [2.75, 3.05) is 18.7 Å². The number of ether oxygens (including phenoxy) is 2. The van der Waals surface area contributed by atoms with Crippen LogP contribution in [0.3, 0.4) is 0 Å². The topological polar surface area (TPSA) is 96.9 Å². The van der Waals surface area contributed by atoms with Gasteiger partial charge in [0.25, 0.3) is 0 Å². The van der Waals surface area contributed by atoms with E-state index in [9.17, 15) is 9.59 Å². The van der Waals surface area contributed by atoms with Gasteiger partial charge in [0.15, 0.2) is 11.5 Å². The second-order valence-corrected chi connectivity index (χ2v) is 4.96. The molecule has 0 aromatic heterocycles. The van der Waals surface area contributed by atoms with E-state index in [0.29, 0.717) is 30.0 Å². The van der Waals surface area contributed by atoms with Gasteiger partial charge in [0.2, 0.25) is 6.79 Å². The Morgan fingerprint density at radius 3 is 2.70 bits per heavy atom. The maximum Gasteiger partial charge on any atom is 0.319 e. The summed E-state index contributed by atoms with van der Waals surface area (Å²) in [5.74, 6) is 0.353. The molecule has 7 nitrogen and oxygen atoms in total. The molecule has 1 aliphatic heterocycles. The van der Waals surface area contributed by atoms with Crippen molar-refractivity contribution in [3.05, 3.63) is 18.2 Å². The van der Waals surface area contributed by atoms with E-state index < -0.39 is 17.4 Å². The van der Waals surface area contributed by atoms with Crippen LogP contribution in [0, 0.1) is 5.41 Å². The number of carbonyl (C=O) groups excluding carboxylic acids is 1. The second kappa shape index (κ2) is 4.59. The first-order valence-electron chi connectivity index (χ1n) is 6.27. The minimum absolute atomic E-state index is 0.138. The zero-order valence-corrected chi connectivity index (χ0v) is 10.6. The number of hydrogen-bond acceptors (Lipinski definition) is 4. The molecule has 0 unspecified atom stereocenters. The van der Waals surface area contributed by atoms with E-state index in [1.54, 1.807) is 18.2 Å². The van der Waals surface area contributed by atoms with Crippen LogP contribution in [-0.4, -0.2) is 30.4 Å². The lowest BCUT2D eigenvalue weighted by atomic mass is 10.1. The van der Waals surface area contributed by atoms with E-state index in [1.165, 1.54) is 0 Å². The molecule has 106 valence electrons. The molecule has 20 heavy (non-hydrogen) atoms. The van der Waals surface area contributed by atoms with Crippen molar-refractivity contribution in [3.8, 4) is 11.5 Å². The minimum Gasteiger partial charge on any atom is -0.481 e. The van der Waals surface area contributed by atoms with Crippen LogP contribution < -0.4 is 20.1 Å². The van der Waals surface area contributed by atoms with Crippen molar-refractivity contribution in [1.29, 1.82) is 0 Å². The first kappa shape index (κ1) is 12.6. The van der Waals surface area contributed by atoms with Gasteiger partial charge in [-0.05, 0) is 25.0 Å². The SMILES string of the molecule is O=C(NCC1(C(=O)O)CC1)Nc1ccc2c(c1)OCO2. The van der Waals surface area contributed by atoms with Crippen LogP contribution in [0.15, 0.2) is 18.2 Å². The van der Waals surface area contributed by atoms with Crippen molar-refractivity contribution in [3.63, 3.8) is 0 Å². The standard InChI is InChI=1S/C13H14N2O5/c16-11(17)13(3-4-13)6-14-12(18)15-8-1-2-9-10(5-8)20-7-19-9/h1-2,5H,3-4,6-7H2,(H,16,17)(H2,14,15,18). The molecule has 0 bridgehead atoms. The molecule has 1 heterocycles. The van der Waals surface area contributed by atoms with Crippen molar-refractivity contribution in [2.45, 2.75) is 12.8 Å². The maximum absolute atomic E-state index is 11.7. The predicted octanol–water partition coefficient (Wildman–Crippen LogP) is 1.40. The maximum atomic E-state index is 11.7. The summed E-state index contributed by atoms with van der Waals surface area (Å²) in [4.78, 5) is 22.7. The van der Waals surface area contributed by atoms with Gasteiger partial charge < -0.3 is 25.2 Å². The van der Waals surface area contributed by atoms with E-state index in [1.807, 2.05) is 0 Å². The number of fused-ring (bicyclic) bond motifs is 1. The Hall–Kier alpha value is -2.44. The molecule has 0 spiro atoms. The molecule has 1 aromatic carbocycles. The van der Waals surface area contributed by atoms with Crippen molar-refractivity contribution in [1.82, 2.24) is 5.32 Å². The number of carboxylic acids is 1. The zero-order chi connectivity index (χ0) is 14.2. The molecule has 0 saturated heterocycles. The fourth-order valence-corrected chi connectivity index (χ4v) is 2.02. The van der Waals surface area contributed by atoms with E-state index in [-0.39, 0.29) is 13.3 Å². The van der Waals surface area contributed by atoms with E-state index in [0.717, 1.165) is 0 Å². The van der Waals surface area contributed by atoms with E-state index in [2.05, 4.69) is 10.6 Å². The van der Waals surface area contributed by atoms with Gasteiger partial charge in [-0.25, -0.2) is 4.79 Å². The number of hydrogen-bond donors (Lipinski definition) is 3. The summed E-state index contributed by atoms with van der Waals surface area (Å²) < 4.78 is 10.4. The largest absolute Gasteiger partial charge is 0.481 e. The first-order valence-corrected chi connectivity index (χ1v) is 6.27. The van der Waals surface area contributed by atoms with Crippen LogP contribution in [0.4, 0.5) is 10.5 Å². The van der Waals surface area contributed by atoms with Gasteiger partial charge in [0, 0.05) is 18.3 Å². The average molecular weight is 278 g/mol. The number of benzene rings is 1. The molecule has 1 aromatic rings. The number of anilines is 1. The molecular formula is C13H14N2O5. The molecular weight excluding hydrogens is 264 g/mol. The van der Waals surface area contributed by atoms with Gasteiger partial charge in [-0.1, -0.05) is 0 Å². The molecule has 1 saturated carbocycles. The average Bonchev–Trinajstić information content (AvgIpc) is 3.08. The van der Waals surface area contributed by atoms with Gasteiger partial charge in [0.05, 0.1) is 5.41 Å². The normalized spacial score (nSPS) is 17.4. The van der Waals surface area contributed by atoms with Crippen molar-refractivity contribution in [2.24, 2.45) is 5.41 Å². The number of carboxylic acid groups (broad SMARTS) is 1. The summed E-state index contributed by atoms with van der Waals surface area (Å²) in [6.45, 7) is 0.310. The number of rotatable bonds is 4. The Morgan fingerprint density at radius 2 is 2.00 bits per heavy atom. The Morgan fingerprint density at radius 1 is 1.25 bits per heavy atom. The lowest BCUT2D eigenvalue weighted by molar-refractivity contribution is -0.143. The highest BCUT2D eigenvalue weighted by Crippen LogP contribution is 2.45.